The number of benzene rings is 2. The highest BCUT2D eigenvalue weighted by molar-refractivity contribution is 7.22. The second kappa shape index (κ2) is 16.3. The van der Waals surface area contributed by atoms with Gasteiger partial charge >= 0.3 is 23.3 Å². The number of nitro groups is 2. The molecule has 0 saturated carbocycles. The molecule has 0 unspecified atom stereocenters. The van der Waals surface area contributed by atoms with E-state index in [4.69, 9.17) is 32.7 Å². The summed E-state index contributed by atoms with van der Waals surface area (Å²) in [7, 11) is 0. The van der Waals surface area contributed by atoms with E-state index in [0.29, 0.717) is 26.2 Å². The van der Waals surface area contributed by atoms with Crippen molar-refractivity contribution in [2.24, 2.45) is 0 Å². The number of nitro benzene ring substituents is 2. The number of hydrogen-bond donors (Lipinski definition) is 2. The van der Waals surface area contributed by atoms with Crippen molar-refractivity contribution in [1.82, 2.24) is 9.80 Å². The molecule has 0 saturated heterocycles. The largest absolute Gasteiger partial charge is 0.504 e. The van der Waals surface area contributed by atoms with Crippen molar-refractivity contribution in [2.75, 3.05) is 26.2 Å². The molecule has 268 valence electrons. The number of thiophene rings is 2. The lowest BCUT2D eigenvalue weighted by Gasteiger charge is -2.17. The Morgan fingerprint density at radius 2 is 1.14 bits per heavy atom. The highest BCUT2D eigenvalue weighted by atomic mass is 35.5. The summed E-state index contributed by atoms with van der Waals surface area (Å²) in [6.45, 7) is 11.2. The average Bonchev–Trinajstić information content (AvgIpc) is 3.53. The number of halogens is 2. The monoisotopic (exact) mass is 772 g/mol. The predicted molar refractivity (Wildman–Crippen MR) is 187 cm³/mol. The molecule has 0 spiro atoms. The van der Waals surface area contributed by atoms with Crippen LogP contribution in [0.5, 0.6) is 23.0 Å². The topological polar surface area (TPSA) is 220 Å². The van der Waals surface area contributed by atoms with Crippen molar-refractivity contribution in [1.29, 1.82) is 0 Å². The molecule has 4 aromatic rings. The molecule has 4 rings (SSSR count). The van der Waals surface area contributed by atoms with Gasteiger partial charge in [0.1, 0.15) is 19.2 Å². The Bertz CT molecular complexity index is 2040. The number of carbonyl (C=O) groups excluding carboxylic acids is 4. The molecule has 0 fully saturated rings. The number of phenolic OH excluding ortho intramolecular Hbond substituents is 2. The lowest BCUT2D eigenvalue weighted by molar-refractivity contribution is -0.384. The minimum Gasteiger partial charge on any atom is -0.504 e. The van der Waals surface area contributed by atoms with E-state index >= 15 is 0 Å². The Kier molecular flexibility index (Phi) is 12.9. The highest BCUT2D eigenvalue weighted by Gasteiger charge is 2.33. The summed E-state index contributed by atoms with van der Waals surface area (Å²) in [6, 6.07) is 2.37. The molecule has 2 N–H and O–H groups in total. The van der Waals surface area contributed by atoms with E-state index in [2.05, 4.69) is 0 Å². The van der Waals surface area contributed by atoms with Gasteiger partial charge in [0.15, 0.2) is 11.5 Å². The molecule has 0 atom stereocenters. The number of aromatic hydroxyl groups is 2. The highest BCUT2D eigenvalue weighted by Crippen LogP contribution is 2.50. The SMILES string of the molecule is CCN(CC)C(=O)c1sc2c([N+](=O)[O-])c(O)c(O)cc2c1Cl.CCN(CC)C(=O)c1sc2c([N+](=O)[O-])c(OC(C)=O)c(OC(C)=O)cc2c1Cl. The minimum absolute atomic E-state index is 0.00257. The fourth-order valence-electron chi connectivity index (χ4n) is 4.70. The summed E-state index contributed by atoms with van der Waals surface area (Å²) in [4.78, 5) is 72.6. The molecule has 2 amide bonds. The first-order valence-corrected chi connectivity index (χ1v) is 17.0. The number of nitrogens with zero attached hydrogens (tertiary/aromatic N) is 4. The van der Waals surface area contributed by atoms with Gasteiger partial charge in [0.2, 0.25) is 5.75 Å². The summed E-state index contributed by atoms with van der Waals surface area (Å²) in [5, 5.41) is 42.5. The third kappa shape index (κ3) is 7.83. The number of ether oxygens (including phenoxy) is 2. The van der Waals surface area contributed by atoms with Crippen LogP contribution >= 0.6 is 45.9 Å². The third-order valence-corrected chi connectivity index (χ3v) is 10.4. The zero-order valence-corrected chi connectivity index (χ0v) is 30.5. The normalized spacial score (nSPS) is 10.7. The number of carbonyl (C=O) groups is 4. The van der Waals surface area contributed by atoms with E-state index in [9.17, 15) is 49.6 Å². The fourth-order valence-corrected chi connectivity index (χ4v) is 7.82. The first-order valence-electron chi connectivity index (χ1n) is 14.6. The molecule has 0 aliphatic heterocycles. The van der Waals surface area contributed by atoms with Gasteiger partial charge in [-0.15, -0.1) is 22.7 Å². The number of esters is 2. The smallest absolute Gasteiger partial charge is 0.333 e. The number of amides is 2. The molecular formula is C30H30Cl2N4O12S2. The van der Waals surface area contributed by atoms with Crippen LogP contribution in [0.25, 0.3) is 20.2 Å². The molecule has 0 aliphatic carbocycles. The van der Waals surface area contributed by atoms with Gasteiger partial charge in [-0.2, -0.15) is 0 Å². The Balaban J connectivity index is 0.000000278. The van der Waals surface area contributed by atoms with Crippen molar-refractivity contribution < 1.29 is 48.7 Å². The van der Waals surface area contributed by atoms with E-state index in [1.165, 1.54) is 15.9 Å². The zero-order chi connectivity index (χ0) is 37.8. The quantitative estimate of drug-likeness (QED) is 0.0539. The lowest BCUT2D eigenvalue weighted by Crippen LogP contribution is -2.29. The van der Waals surface area contributed by atoms with Gasteiger partial charge in [-0.1, -0.05) is 23.2 Å². The van der Waals surface area contributed by atoms with Crippen molar-refractivity contribution in [2.45, 2.75) is 41.5 Å². The molecule has 2 heterocycles. The third-order valence-electron chi connectivity index (χ3n) is 7.02. The molecule has 2 aromatic heterocycles. The van der Waals surface area contributed by atoms with Crippen LogP contribution in [0.4, 0.5) is 11.4 Å². The molecule has 0 radical (unpaired) electrons. The maximum atomic E-state index is 12.7. The lowest BCUT2D eigenvalue weighted by atomic mass is 10.2. The van der Waals surface area contributed by atoms with Gasteiger partial charge in [0.25, 0.3) is 17.6 Å². The predicted octanol–water partition coefficient (Wildman–Crippen LogP) is 7.15. The van der Waals surface area contributed by atoms with Gasteiger partial charge in [-0.05, 0) is 39.8 Å². The minimum atomic E-state index is -0.836. The Morgan fingerprint density at radius 3 is 1.52 bits per heavy atom. The first-order chi connectivity index (χ1) is 23.4. The maximum absolute atomic E-state index is 12.7. The van der Waals surface area contributed by atoms with Gasteiger partial charge in [-0.25, -0.2) is 0 Å². The first kappa shape index (κ1) is 39.7. The summed E-state index contributed by atoms with van der Waals surface area (Å²) >= 11 is 14.2. The van der Waals surface area contributed by atoms with Crippen molar-refractivity contribution in [3.63, 3.8) is 0 Å². The van der Waals surface area contributed by atoms with Crippen LogP contribution in [0, 0.1) is 20.2 Å². The van der Waals surface area contributed by atoms with Crippen LogP contribution in [0.1, 0.15) is 60.9 Å². The van der Waals surface area contributed by atoms with E-state index in [1.807, 2.05) is 13.8 Å². The van der Waals surface area contributed by atoms with Crippen molar-refractivity contribution >= 4 is 101 Å². The van der Waals surface area contributed by atoms with Crippen LogP contribution in [-0.2, 0) is 9.59 Å². The number of hydrogen-bond acceptors (Lipinski definition) is 14. The van der Waals surface area contributed by atoms with Crippen LogP contribution in [-0.4, -0.2) is 79.8 Å². The molecule has 2 aromatic carbocycles. The maximum Gasteiger partial charge on any atom is 0.333 e. The zero-order valence-electron chi connectivity index (χ0n) is 27.3. The van der Waals surface area contributed by atoms with Crippen LogP contribution in [0.15, 0.2) is 12.1 Å². The van der Waals surface area contributed by atoms with Crippen molar-refractivity contribution in [3.8, 4) is 23.0 Å². The van der Waals surface area contributed by atoms with E-state index in [-0.39, 0.29) is 57.5 Å². The van der Waals surface area contributed by atoms with Crippen LogP contribution in [0.2, 0.25) is 10.0 Å². The van der Waals surface area contributed by atoms with E-state index < -0.39 is 50.4 Å². The number of fused-ring (bicyclic) bond motifs is 2. The molecule has 0 aliphatic rings. The molecular weight excluding hydrogens is 743 g/mol. The van der Waals surface area contributed by atoms with E-state index in [1.54, 1.807) is 13.8 Å². The van der Waals surface area contributed by atoms with Crippen LogP contribution < -0.4 is 9.47 Å². The molecule has 0 bridgehead atoms. The summed E-state index contributed by atoms with van der Waals surface area (Å²) in [5.41, 5.74) is -1.25. The average molecular weight is 774 g/mol. The van der Waals surface area contributed by atoms with Gasteiger partial charge in [0.05, 0.1) is 19.9 Å². The number of rotatable bonds is 10. The standard InChI is InChI=1S/C17H17ClN2O7S.C13H13ClN2O5S/c1-5-19(6-2)17(23)16-12(18)10-7-11(26-8(3)21)14(27-9(4)22)13(20(24)25)15(10)28-16;1-3-15(4-2)13(19)12-8(14)6-5-7(17)10(18)9(16(20)21)11(6)22-12/h7H,5-6H2,1-4H3;5,17-18H,3-4H2,1-2H3. The molecule has 16 nitrogen and oxygen atoms in total. The Hall–Kier alpha value is -4.78. The fraction of sp³-hybridized carbons (Fsp3) is 0.333. The molecule has 20 heteroatoms. The van der Waals surface area contributed by atoms with Crippen LogP contribution in [0.3, 0.4) is 0 Å². The second-order valence-corrected chi connectivity index (χ2v) is 12.8. The van der Waals surface area contributed by atoms with E-state index in [0.717, 1.165) is 42.6 Å². The summed E-state index contributed by atoms with van der Waals surface area (Å²) in [5.74, 6) is -4.66. The van der Waals surface area contributed by atoms with Gasteiger partial charge in [-0.3, -0.25) is 39.4 Å². The second-order valence-electron chi connectivity index (χ2n) is 10.0. The number of phenols is 2. The Morgan fingerprint density at radius 1 is 0.740 bits per heavy atom. The van der Waals surface area contributed by atoms with Gasteiger partial charge in [0, 0.05) is 50.8 Å². The Labute approximate surface area is 301 Å². The summed E-state index contributed by atoms with van der Waals surface area (Å²) < 4.78 is 10.0. The van der Waals surface area contributed by atoms with Gasteiger partial charge < -0.3 is 29.5 Å². The van der Waals surface area contributed by atoms with Crippen molar-refractivity contribution in [3.05, 3.63) is 52.2 Å². The summed E-state index contributed by atoms with van der Waals surface area (Å²) in [6.07, 6.45) is 0. The molecule has 50 heavy (non-hydrogen) atoms.